The molecule has 2 aromatic carbocycles. The van der Waals surface area contributed by atoms with Crippen LogP contribution in [0.25, 0.3) is 10.8 Å². The summed E-state index contributed by atoms with van der Waals surface area (Å²) in [7, 11) is 0. The van der Waals surface area contributed by atoms with Gasteiger partial charge in [-0.25, -0.2) is 0 Å². The van der Waals surface area contributed by atoms with Gasteiger partial charge >= 0.3 is 0 Å². The predicted molar refractivity (Wildman–Crippen MR) is 151 cm³/mol. The summed E-state index contributed by atoms with van der Waals surface area (Å²) in [4.78, 5) is 43.0. The summed E-state index contributed by atoms with van der Waals surface area (Å²) < 4.78 is 0. The van der Waals surface area contributed by atoms with Gasteiger partial charge in [0.2, 0.25) is 18.2 Å². The number of nitrogens with zero attached hydrogens (tertiary/aromatic N) is 2. The molecule has 2 aromatic rings. The monoisotopic (exact) mass is 530 g/mol. The third-order valence-corrected chi connectivity index (χ3v) is 7.28. The summed E-state index contributed by atoms with van der Waals surface area (Å²) in [5.74, 6) is 0.110. The fourth-order valence-electron chi connectivity index (χ4n) is 5.55. The molecule has 1 aliphatic rings. The second-order valence-corrected chi connectivity index (χ2v) is 10.6. The average Bonchev–Trinajstić information content (AvgIpc) is 3.33. The van der Waals surface area contributed by atoms with Crippen LogP contribution in [0.5, 0.6) is 0 Å². The molecule has 7 nitrogen and oxygen atoms in total. The summed E-state index contributed by atoms with van der Waals surface area (Å²) >= 11 is 0. The van der Waals surface area contributed by atoms with Gasteiger partial charge in [0.25, 0.3) is 0 Å². The van der Waals surface area contributed by atoms with Crippen molar-refractivity contribution in [3.63, 3.8) is 0 Å². The van der Waals surface area contributed by atoms with Crippen LogP contribution in [0.2, 0.25) is 0 Å². The molecule has 204 valence electrons. The van der Waals surface area contributed by atoms with Gasteiger partial charge < -0.3 is 20.9 Å². The molecule has 0 radical (unpaired) electrons. The third-order valence-electron chi connectivity index (χ3n) is 7.28. The van der Waals surface area contributed by atoms with Crippen LogP contribution < -0.4 is 11.1 Å². The van der Waals surface area contributed by atoms with Crippen molar-refractivity contribution in [2.45, 2.75) is 65.6 Å². The largest absolute Gasteiger partial charge is 0.354 e. The molecule has 0 spiro atoms. The molecule has 0 saturated carbocycles. The van der Waals surface area contributed by atoms with Gasteiger partial charge in [0, 0.05) is 25.4 Å². The molecule has 1 fully saturated rings. The standard InChI is InChI=1S/C29H42N4O3.ClH/c1-20(2)27(21(3)4)29(36)32-16-7-11-26(32)33(19-34)25(28(35)31-15-8-14-30)18-22-12-13-23-9-5-6-10-24(23)17-22;/h5-6,9-10,12-13,17,19-21,25-27H,7-8,11,14-16,18,30H2,1-4H3,(H,31,35);1H/t25-,26?;/m1./s1. The van der Waals surface area contributed by atoms with E-state index < -0.39 is 12.2 Å². The second-order valence-electron chi connectivity index (χ2n) is 10.6. The number of nitrogens with one attached hydrogen (secondary N) is 1. The topological polar surface area (TPSA) is 95.7 Å². The Bertz CT molecular complexity index is 1040. The van der Waals surface area contributed by atoms with Gasteiger partial charge in [-0.1, -0.05) is 70.2 Å². The van der Waals surface area contributed by atoms with Gasteiger partial charge in [0.05, 0.1) is 0 Å². The Labute approximate surface area is 227 Å². The van der Waals surface area contributed by atoms with Crippen LogP contribution in [0.1, 0.15) is 52.5 Å². The lowest BCUT2D eigenvalue weighted by Gasteiger charge is -2.39. The minimum Gasteiger partial charge on any atom is -0.354 e. The van der Waals surface area contributed by atoms with E-state index in [2.05, 4.69) is 45.1 Å². The highest BCUT2D eigenvalue weighted by molar-refractivity contribution is 5.86. The van der Waals surface area contributed by atoms with Crippen LogP contribution in [0.4, 0.5) is 0 Å². The summed E-state index contributed by atoms with van der Waals surface area (Å²) in [6.45, 7) is 9.80. The Morgan fingerprint density at radius 3 is 2.41 bits per heavy atom. The highest BCUT2D eigenvalue weighted by Crippen LogP contribution is 2.30. The lowest BCUT2D eigenvalue weighted by molar-refractivity contribution is -0.149. The van der Waals surface area contributed by atoms with E-state index in [0.717, 1.165) is 29.2 Å². The van der Waals surface area contributed by atoms with Gasteiger partial charge in [-0.3, -0.25) is 14.4 Å². The number of hydrogen-bond donors (Lipinski definition) is 2. The quantitative estimate of drug-likeness (QED) is 0.320. The van der Waals surface area contributed by atoms with Gasteiger partial charge in [-0.15, -0.1) is 12.4 Å². The fourth-order valence-corrected chi connectivity index (χ4v) is 5.55. The number of halogens is 1. The number of nitrogens with two attached hydrogens (primary N) is 1. The van der Waals surface area contributed by atoms with E-state index in [1.165, 1.54) is 0 Å². The number of fused-ring (bicyclic) bond motifs is 1. The molecule has 2 atom stereocenters. The highest BCUT2D eigenvalue weighted by Gasteiger charge is 2.41. The molecule has 37 heavy (non-hydrogen) atoms. The second kappa shape index (κ2) is 14.3. The first kappa shape index (κ1) is 30.6. The van der Waals surface area contributed by atoms with Crippen LogP contribution in [0.3, 0.4) is 0 Å². The molecule has 8 heteroatoms. The van der Waals surface area contributed by atoms with Gasteiger partial charge in [-0.05, 0) is 54.0 Å². The minimum absolute atomic E-state index is 0. The van der Waals surface area contributed by atoms with E-state index in [1.807, 2.05) is 35.2 Å². The zero-order valence-electron chi connectivity index (χ0n) is 22.6. The van der Waals surface area contributed by atoms with Crippen molar-refractivity contribution in [1.82, 2.24) is 15.1 Å². The zero-order chi connectivity index (χ0) is 26.2. The first-order chi connectivity index (χ1) is 17.3. The molecule has 3 rings (SSSR count). The Hall–Kier alpha value is -2.64. The highest BCUT2D eigenvalue weighted by atomic mass is 35.5. The maximum atomic E-state index is 13.6. The summed E-state index contributed by atoms with van der Waals surface area (Å²) in [5.41, 5.74) is 6.59. The number of carbonyl (C=O) groups excluding carboxylic acids is 3. The molecule has 0 aromatic heterocycles. The van der Waals surface area contributed by atoms with E-state index in [9.17, 15) is 14.4 Å². The minimum atomic E-state index is -0.726. The predicted octanol–water partition coefficient (Wildman–Crippen LogP) is 3.97. The smallest absolute Gasteiger partial charge is 0.243 e. The Morgan fingerprint density at radius 1 is 1.11 bits per heavy atom. The number of benzene rings is 2. The molecule has 3 N–H and O–H groups in total. The van der Waals surface area contributed by atoms with Crippen molar-refractivity contribution >= 4 is 41.4 Å². The maximum absolute atomic E-state index is 13.6. The molecule has 1 unspecified atom stereocenters. The number of hydrogen-bond acceptors (Lipinski definition) is 4. The summed E-state index contributed by atoms with van der Waals surface area (Å²) in [6, 6.07) is 13.5. The Balaban J connectivity index is 0.00000481. The van der Waals surface area contributed by atoms with E-state index >= 15 is 0 Å². The molecular weight excluding hydrogens is 488 g/mol. The van der Waals surface area contributed by atoms with Crippen molar-refractivity contribution in [2.75, 3.05) is 19.6 Å². The van der Waals surface area contributed by atoms with Gasteiger partial charge in [0.15, 0.2) is 0 Å². The van der Waals surface area contributed by atoms with Crippen molar-refractivity contribution in [1.29, 1.82) is 0 Å². The van der Waals surface area contributed by atoms with Crippen LogP contribution in [0, 0.1) is 17.8 Å². The Kier molecular flexibility index (Phi) is 11.9. The third kappa shape index (κ3) is 7.45. The molecular formula is C29H43ClN4O3. The van der Waals surface area contributed by atoms with Gasteiger partial charge in [-0.2, -0.15) is 0 Å². The van der Waals surface area contributed by atoms with Crippen LogP contribution in [0.15, 0.2) is 42.5 Å². The first-order valence-corrected chi connectivity index (χ1v) is 13.3. The number of carbonyl (C=O) groups is 3. The van der Waals surface area contributed by atoms with Crippen molar-refractivity contribution in [3.05, 3.63) is 48.0 Å². The fraction of sp³-hybridized carbons (Fsp3) is 0.552. The lowest BCUT2D eigenvalue weighted by Crippen LogP contribution is -2.57. The van der Waals surface area contributed by atoms with Crippen LogP contribution >= 0.6 is 12.4 Å². The van der Waals surface area contributed by atoms with Crippen molar-refractivity contribution < 1.29 is 14.4 Å². The van der Waals surface area contributed by atoms with E-state index in [4.69, 9.17) is 5.73 Å². The molecule has 1 aliphatic heterocycles. The lowest BCUT2D eigenvalue weighted by atomic mass is 9.84. The Morgan fingerprint density at radius 2 is 1.78 bits per heavy atom. The van der Waals surface area contributed by atoms with E-state index in [-0.39, 0.29) is 42.0 Å². The molecule has 0 aliphatic carbocycles. The molecule has 1 heterocycles. The average molecular weight is 531 g/mol. The summed E-state index contributed by atoms with van der Waals surface area (Å²) in [5, 5.41) is 5.17. The number of likely N-dealkylation sites (tertiary alicyclic amines) is 1. The van der Waals surface area contributed by atoms with Crippen molar-refractivity contribution in [2.24, 2.45) is 23.5 Å². The maximum Gasteiger partial charge on any atom is 0.243 e. The number of amides is 3. The van der Waals surface area contributed by atoms with Crippen LogP contribution in [-0.2, 0) is 20.8 Å². The van der Waals surface area contributed by atoms with Crippen LogP contribution in [-0.4, -0.2) is 59.9 Å². The molecule has 1 saturated heterocycles. The summed E-state index contributed by atoms with van der Waals surface area (Å²) in [6.07, 6.45) is 2.83. The zero-order valence-corrected chi connectivity index (χ0v) is 23.4. The SMILES string of the molecule is CC(C)C(C(=O)N1CCCC1N(C=O)[C@H](Cc1ccc2ccccc2c1)C(=O)NCCCN)C(C)C.Cl. The molecule has 3 amide bonds. The normalized spacial score (nSPS) is 16.2. The first-order valence-electron chi connectivity index (χ1n) is 13.3. The van der Waals surface area contributed by atoms with Crippen molar-refractivity contribution in [3.8, 4) is 0 Å². The van der Waals surface area contributed by atoms with E-state index in [0.29, 0.717) is 38.9 Å². The van der Waals surface area contributed by atoms with E-state index in [1.54, 1.807) is 4.90 Å². The van der Waals surface area contributed by atoms with Gasteiger partial charge in [0.1, 0.15) is 12.2 Å². The molecule has 0 bridgehead atoms. The number of rotatable bonds is 12.